The number of carboxylic acids is 1. The third-order valence-electron chi connectivity index (χ3n) is 2.45. The van der Waals surface area contributed by atoms with Crippen molar-refractivity contribution < 1.29 is 18.3 Å². The van der Waals surface area contributed by atoms with Crippen LogP contribution in [0.25, 0.3) is 0 Å². The fourth-order valence-corrected chi connectivity index (χ4v) is 3.93. The summed E-state index contributed by atoms with van der Waals surface area (Å²) in [5.41, 5.74) is -0.149. The molecule has 1 aromatic heterocycles. The summed E-state index contributed by atoms with van der Waals surface area (Å²) in [6.07, 6.45) is 0. The molecule has 2 rings (SSSR count). The number of hydrogen-bond acceptors (Lipinski definition) is 5. The van der Waals surface area contributed by atoms with E-state index in [1.165, 1.54) is 19.2 Å². The van der Waals surface area contributed by atoms with E-state index in [4.69, 9.17) is 16.7 Å². The Hall–Kier alpha value is -1.65. The predicted octanol–water partition coefficient (Wildman–Crippen LogP) is 1.73. The second-order valence-electron chi connectivity index (χ2n) is 3.91. The fraction of sp³-hybridized carbons (Fsp3) is 0.100. The first-order chi connectivity index (χ1) is 9.72. The monoisotopic (exact) mass is 394 g/mol. The molecule has 0 aliphatic heterocycles. The lowest BCUT2D eigenvalue weighted by Crippen LogP contribution is -2.17. The molecule has 2 aromatic rings. The van der Waals surface area contributed by atoms with Crippen LogP contribution in [-0.4, -0.2) is 34.5 Å². The van der Waals surface area contributed by atoms with Crippen LogP contribution in [0.2, 0.25) is 5.02 Å². The second-order valence-corrected chi connectivity index (χ2v) is 6.67. The average molecular weight is 396 g/mol. The van der Waals surface area contributed by atoms with Gasteiger partial charge in [-0.05, 0) is 34.1 Å². The lowest BCUT2D eigenvalue weighted by Gasteiger charge is -2.10. The Labute approximate surface area is 132 Å². The van der Waals surface area contributed by atoms with Crippen molar-refractivity contribution in [1.82, 2.24) is 15.0 Å². The maximum atomic E-state index is 12.3. The van der Waals surface area contributed by atoms with Gasteiger partial charge in [0.25, 0.3) is 10.0 Å². The van der Waals surface area contributed by atoms with Gasteiger partial charge in [-0.25, -0.2) is 9.48 Å². The highest BCUT2D eigenvalue weighted by Crippen LogP contribution is 2.27. The summed E-state index contributed by atoms with van der Waals surface area (Å²) in [6, 6.07) is 3.68. The van der Waals surface area contributed by atoms with Gasteiger partial charge in [0, 0.05) is 7.05 Å². The Morgan fingerprint density at radius 2 is 2.14 bits per heavy atom. The first kappa shape index (κ1) is 15.7. The SMILES string of the molecule is Cn1nnc(Br)c1S(=O)(=O)Nc1cc(C(=O)O)ccc1Cl. The van der Waals surface area contributed by atoms with Gasteiger partial charge in [0.15, 0.2) is 4.60 Å². The van der Waals surface area contributed by atoms with Crippen molar-refractivity contribution >= 4 is 49.2 Å². The summed E-state index contributed by atoms with van der Waals surface area (Å²) in [5, 5.41) is 15.9. The number of benzene rings is 1. The van der Waals surface area contributed by atoms with Gasteiger partial charge in [-0.1, -0.05) is 16.8 Å². The van der Waals surface area contributed by atoms with Gasteiger partial charge in [-0.3, -0.25) is 4.72 Å². The molecule has 8 nitrogen and oxygen atoms in total. The first-order valence-corrected chi connectivity index (χ1v) is 7.98. The molecule has 1 aromatic carbocycles. The Bertz CT molecular complexity index is 801. The minimum atomic E-state index is -4.03. The zero-order valence-electron chi connectivity index (χ0n) is 10.4. The highest BCUT2D eigenvalue weighted by Gasteiger charge is 2.25. The molecule has 0 radical (unpaired) electrons. The van der Waals surface area contributed by atoms with Crippen molar-refractivity contribution in [2.45, 2.75) is 5.03 Å². The third kappa shape index (κ3) is 3.17. The molecule has 0 spiro atoms. The number of aromatic nitrogens is 3. The van der Waals surface area contributed by atoms with Gasteiger partial charge in [-0.2, -0.15) is 8.42 Å². The van der Waals surface area contributed by atoms with Crippen LogP contribution in [0.1, 0.15) is 10.4 Å². The van der Waals surface area contributed by atoms with E-state index in [-0.39, 0.29) is 25.9 Å². The molecule has 0 aliphatic carbocycles. The van der Waals surface area contributed by atoms with E-state index in [0.29, 0.717) is 0 Å². The lowest BCUT2D eigenvalue weighted by molar-refractivity contribution is 0.0697. The molecule has 0 aliphatic rings. The standard InChI is InChI=1S/C10H8BrClN4O4S/c1-16-9(8(11)13-15-16)21(19,20)14-7-4-5(10(17)18)2-3-6(7)12/h2-4,14H,1H3,(H,17,18). The summed E-state index contributed by atoms with van der Waals surface area (Å²) in [7, 11) is -2.63. The van der Waals surface area contributed by atoms with Crippen LogP contribution in [0.4, 0.5) is 5.69 Å². The number of halogens is 2. The number of rotatable bonds is 4. The second kappa shape index (κ2) is 5.62. The minimum absolute atomic E-state index is 0.0306. The fourth-order valence-electron chi connectivity index (χ4n) is 1.54. The number of anilines is 1. The highest BCUT2D eigenvalue weighted by molar-refractivity contribution is 9.10. The van der Waals surface area contributed by atoms with E-state index in [1.807, 2.05) is 0 Å². The van der Waals surface area contributed by atoms with Crippen molar-refractivity contribution in [2.75, 3.05) is 4.72 Å². The van der Waals surface area contributed by atoms with Gasteiger partial charge in [0.05, 0.1) is 16.3 Å². The quantitative estimate of drug-likeness (QED) is 0.815. The Kier molecular flexibility index (Phi) is 4.21. The lowest BCUT2D eigenvalue weighted by atomic mass is 10.2. The molecule has 0 unspecified atom stereocenters. The van der Waals surface area contributed by atoms with Crippen LogP contribution in [0.15, 0.2) is 27.8 Å². The van der Waals surface area contributed by atoms with Gasteiger partial charge in [0.2, 0.25) is 5.03 Å². The van der Waals surface area contributed by atoms with Gasteiger partial charge < -0.3 is 5.11 Å². The number of aromatic carboxylic acids is 1. The smallest absolute Gasteiger partial charge is 0.335 e. The minimum Gasteiger partial charge on any atom is -0.478 e. The van der Waals surface area contributed by atoms with Crippen molar-refractivity contribution in [2.24, 2.45) is 7.05 Å². The van der Waals surface area contributed by atoms with E-state index in [9.17, 15) is 13.2 Å². The molecule has 0 amide bonds. The van der Waals surface area contributed by atoms with Gasteiger partial charge >= 0.3 is 5.97 Å². The van der Waals surface area contributed by atoms with E-state index < -0.39 is 16.0 Å². The molecule has 0 saturated heterocycles. The maximum absolute atomic E-state index is 12.3. The zero-order valence-corrected chi connectivity index (χ0v) is 13.6. The van der Waals surface area contributed by atoms with E-state index in [2.05, 4.69) is 31.0 Å². The molecule has 0 fully saturated rings. The van der Waals surface area contributed by atoms with Crippen molar-refractivity contribution in [3.8, 4) is 0 Å². The molecule has 0 atom stereocenters. The number of nitrogens with zero attached hydrogens (tertiary/aromatic N) is 3. The van der Waals surface area contributed by atoms with Crippen LogP contribution in [0.5, 0.6) is 0 Å². The molecule has 0 bridgehead atoms. The third-order valence-corrected chi connectivity index (χ3v) is 5.03. The average Bonchev–Trinajstić information content (AvgIpc) is 2.71. The Morgan fingerprint density at radius 3 is 2.67 bits per heavy atom. The summed E-state index contributed by atoms with van der Waals surface area (Å²) < 4.78 is 27.9. The first-order valence-electron chi connectivity index (χ1n) is 5.33. The topological polar surface area (TPSA) is 114 Å². The Morgan fingerprint density at radius 1 is 1.48 bits per heavy atom. The number of aryl methyl sites for hydroxylation is 1. The highest BCUT2D eigenvalue weighted by atomic mass is 79.9. The molecule has 1 heterocycles. The van der Waals surface area contributed by atoms with Gasteiger partial charge in [-0.15, -0.1) is 5.10 Å². The number of carbonyl (C=O) groups is 1. The summed E-state index contributed by atoms with van der Waals surface area (Å²) in [5.74, 6) is -1.20. The molecule has 2 N–H and O–H groups in total. The van der Waals surface area contributed by atoms with Crippen LogP contribution < -0.4 is 4.72 Å². The maximum Gasteiger partial charge on any atom is 0.335 e. The number of carboxylic acid groups (broad SMARTS) is 1. The summed E-state index contributed by atoms with van der Waals surface area (Å²) in [6.45, 7) is 0. The summed E-state index contributed by atoms with van der Waals surface area (Å²) in [4.78, 5) is 10.9. The molecule has 0 saturated carbocycles. The van der Waals surface area contributed by atoms with E-state index >= 15 is 0 Å². The van der Waals surface area contributed by atoms with Crippen LogP contribution in [-0.2, 0) is 17.1 Å². The predicted molar refractivity (Wildman–Crippen MR) is 77.9 cm³/mol. The summed E-state index contributed by atoms with van der Waals surface area (Å²) >= 11 is 8.86. The van der Waals surface area contributed by atoms with Crippen LogP contribution in [0, 0.1) is 0 Å². The number of nitrogens with one attached hydrogen (secondary N) is 1. The van der Waals surface area contributed by atoms with Crippen molar-refractivity contribution in [3.63, 3.8) is 0 Å². The van der Waals surface area contributed by atoms with Crippen molar-refractivity contribution in [1.29, 1.82) is 0 Å². The molecule has 112 valence electrons. The largest absolute Gasteiger partial charge is 0.478 e. The molecule has 21 heavy (non-hydrogen) atoms. The molecular formula is C10H8BrClN4O4S. The van der Waals surface area contributed by atoms with Crippen molar-refractivity contribution in [3.05, 3.63) is 33.4 Å². The number of hydrogen-bond donors (Lipinski definition) is 2. The molecule has 11 heteroatoms. The number of sulfonamides is 1. The van der Waals surface area contributed by atoms with Gasteiger partial charge in [0.1, 0.15) is 0 Å². The van der Waals surface area contributed by atoms with E-state index in [0.717, 1.165) is 10.7 Å². The van der Waals surface area contributed by atoms with E-state index in [1.54, 1.807) is 0 Å². The Balaban J connectivity index is 2.46. The zero-order chi connectivity index (χ0) is 15.8. The normalized spacial score (nSPS) is 11.4. The van der Waals surface area contributed by atoms with Crippen LogP contribution in [0.3, 0.4) is 0 Å². The van der Waals surface area contributed by atoms with Crippen LogP contribution >= 0.6 is 27.5 Å². The molecular weight excluding hydrogens is 388 g/mol.